The van der Waals surface area contributed by atoms with E-state index in [9.17, 15) is 23.4 Å². The van der Waals surface area contributed by atoms with Crippen molar-refractivity contribution >= 4 is 0 Å². The molecule has 3 aromatic rings. The fourth-order valence-electron chi connectivity index (χ4n) is 4.70. The number of likely N-dealkylation sites (tertiary alicyclic amines) is 1. The second-order valence-electron chi connectivity index (χ2n) is 9.71. The Morgan fingerprint density at radius 1 is 0.970 bits per heavy atom. The third-order valence-corrected chi connectivity index (χ3v) is 6.43. The highest BCUT2D eigenvalue weighted by atomic mass is 19.4. The number of alkyl halides is 3. The molecule has 33 heavy (non-hydrogen) atoms. The third kappa shape index (κ3) is 4.05. The number of H-pyrrole nitrogens is 1. The molecule has 4 rings (SSSR count). The number of hydrogen-bond acceptors (Lipinski definition) is 5. The first-order chi connectivity index (χ1) is 15.2. The molecule has 1 aromatic carbocycles. The van der Waals surface area contributed by atoms with Gasteiger partial charge in [0.1, 0.15) is 11.2 Å². The minimum absolute atomic E-state index is 0.365. The van der Waals surface area contributed by atoms with Gasteiger partial charge in [-0.15, -0.1) is 0 Å². The lowest BCUT2D eigenvalue weighted by Gasteiger charge is -2.55. The molecule has 0 aliphatic carbocycles. The topological polar surface area (TPSA) is 85.3 Å². The maximum absolute atomic E-state index is 13.1. The van der Waals surface area contributed by atoms with Crippen LogP contribution in [0, 0.1) is 5.41 Å². The number of aliphatic hydroxyl groups is 2. The number of aromatic nitrogens is 3. The van der Waals surface area contributed by atoms with Gasteiger partial charge in [-0.25, -0.2) is 0 Å². The molecule has 0 amide bonds. The van der Waals surface area contributed by atoms with Gasteiger partial charge in [0.2, 0.25) is 0 Å². The third-order valence-electron chi connectivity index (χ3n) is 6.43. The van der Waals surface area contributed by atoms with Crippen LogP contribution in [0.1, 0.15) is 43.2 Å². The maximum Gasteiger partial charge on any atom is 0.416 e. The highest BCUT2D eigenvalue weighted by molar-refractivity contribution is 5.60. The maximum atomic E-state index is 13.1. The lowest BCUT2D eigenvalue weighted by molar-refractivity contribution is -0.138. The molecule has 3 N–H and O–H groups in total. The predicted molar refractivity (Wildman–Crippen MR) is 117 cm³/mol. The number of halogens is 3. The largest absolute Gasteiger partial charge is 0.416 e. The first kappa shape index (κ1) is 23.4. The highest BCUT2D eigenvalue weighted by Gasteiger charge is 2.55. The van der Waals surface area contributed by atoms with Gasteiger partial charge in [-0.1, -0.05) is 19.1 Å². The monoisotopic (exact) mass is 460 g/mol. The van der Waals surface area contributed by atoms with E-state index in [1.165, 1.54) is 18.3 Å². The van der Waals surface area contributed by atoms with E-state index in [0.29, 0.717) is 41.2 Å². The van der Waals surface area contributed by atoms with Gasteiger partial charge < -0.3 is 15.1 Å². The van der Waals surface area contributed by atoms with Crippen LogP contribution in [0.25, 0.3) is 11.3 Å². The van der Waals surface area contributed by atoms with Crippen LogP contribution in [0.4, 0.5) is 13.2 Å². The van der Waals surface area contributed by atoms with Gasteiger partial charge in [0.25, 0.3) is 0 Å². The smallest absolute Gasteiger partial charge is 0.384 e. The molecule has 3 heterocycles. The molecule has 9 heteroatoms. The Labute approximate surface area is 190 Å². The first-order valence-corrected chi connectivity index (χ1v) is 10.6. The van der Waals surface area contributed by atoms with Crippen LogP contribution in [0.2, 0.25) is 0 Å². The summed E-state index contributed by atoms with van der Waals surface area (Å²) in [7, 11) is 1.92. The normalized spacial score (nSPS) is 18.6. The Bertz CT molecular complexity index is 1150. The molecule has 1 aliphatic heterocycles. The van der Waals surface area contributed by atoms with Crippen LogP contribution in [0.3, 0.4) is 0 Å². The molecule has 2 aromatic heterocycles. The van der Waals surface area contributed by atoms with E-state index in [1.54, 1.807) is 32.2 Å². The summed E-state index contributed by atoms with van der Waals surface area (Å²) in [4.78, 5) is 6.34. The Kier molecular flexibility index (Phi) is 5.42. The van der Waals surface area contributed by atoms with E-state index in [0.717, 1.165) is 12.1 Å². The van der Waals surface area contributed by atoms with E-state index in [-0.39, 0.29) is 0 Å². The molecule has 1 atom stereocenters. The van der Waals surface area contributed by atoms with Crippen LogP contribution in [-0.2, 0) is 17.4 Å². The minimum atomic E-state index is -4.46. The quantitative estimate of drug-likeness (QED) is 0.538. The molecule has 1 fully saturated rings. The van der Waals surface area contributed by atoms with Gasteiger partial charge in [0, 0.05) is 42.0 Å². The van der Waals surface area contributed by atoms with Crippen molar-refractivity contribution in [2.75, 3.05) is 20.1 Å². The molecular formula is C24H27F3N4O2. The second-order valence-corrected chi connectivity index (χ2v) is 9.71. The molecular weight excluding hydrogens is 433 g/mol. The molecule has 1 aliphatic rings. The minimum Gasteiger partial charge on any atom is -0.384 e. The summed E-state index contributed by atoms with van der Waals surface area (Å²) in [5.74, 6) is 0. The van der Waals surface area contributed by atoms with E-state index >= 15 is 0 Å². The van der Waals surface area contributed by atoms with Gasteiger partial charge in [0.15, 0.2) is 0 Å². The standard InChI is InChI=1S/C24H27F3N4O2/c1-21(2,32)20-10-19(29-30-20)15-9-18(12-28-11-15)23(33,22(3)13-31(4)14-22)16-5-7-17(8-6-16)24(25,26)27/h5-12,32-33H,13-14H2,1-4H3,(H,29,30)/t23-/m0/s1. The predicted octanol–water partition coefficient (Wildman–Crippen LogP) is 3.91. The Hall–Kier alpha value is -2.75. The molecule has 1 saturated heterocycles. The second kappa shape index (κ2) is 7.65. The summed E-state index contributed by atoms with van der Waals surface area (Å²) in [6.07, 6.45) is -1.33. The Morgan fingerprint density at radius 2 is 1.58 bits per heavy atom. The fraction of sp³-hybridized carbons (Fsp3) is 0.417. The van der Waals surface area contributed by atoms with Crippen LogP contribution in [0.5, 0.6) is 0 Å². The van der Waals surface area contributed by atoms with Gasteiger partial charge in [-0.05, 0) is 50.7 Å². The van der Waals surface area contributed by atoms with Crippen LogP contribution >= 0.6 is 0 Å². The van der Waals surface area contributed by atoms with Gasteiger partial charge >= 0.3 is 6.18 Å². The summed E-state index contributed by atoms with van der Waals surface area (Å²) < 4.78 is 39.4. The van der Waals surface area contributed by atoms with E-state index in [2.05, 4.69) is 15.2 Å². The number of benzene rings is 1. The lowest BCUT2D eigenvalue weighted by atomic mass is 9.62. The van der Waals surface area contributed by atoms with Gasteiger partial charge in [-0.2, -0.15) is 18.3 Å². The zero-order valence-corrected chi connectivity index (χ0v) is 18.9. The molecule has 0 saturated carbocycles. The fourth-order valence-corrected chi connectivity index (χ4v) is 4.70. The van der Waals surface area contributed by atoms with Gasteiger partial charge in [0.05, 0.1) is 17.0 Å². The van der Waals surface area contributed by atoms with Crippen LogP contribution in [0.15, 0.2) is 48.8 Å². The van der Waals surface area contributed by atoms with E-state index in [4.69, 9.17) is 0 Å². The number of aromatic amines is 1. The molecule has 0 bridgehead atoms. The van der Waals surface area contributed by atoms with Crippen molar-refractivity contribution in [1.82, 2.24) is 20.1 Å². The molecule has 0 spiro atoms. The van der Waals surface area contributed by atoms with E-state index < -0.39 is 28.4 Å². The van der Waals surface area contributed by atoms with Crippen molar-refractivity contribution in [1.29, 1.82) is 0 Å². The lowest BCUT2D eigenvalue weighted by Crippen LogP contribution is -2.63. The highest BCUT2D eigenvalue weighted by Crippen LogP contribution is 2.50. The Morgan fingerprint density at radius 3 is 2.09 bits per heavy atom. The molecule has 6 nitrogen and oxygen atoms in total. The average Bonchev–Trinajstić information content (AvgIpc) is 3.22. The molecule has 0 radical (unpaired) electrons. The summed E-state index contributed by atoms with van der Waals surface area (Å²) in [5.41, 5.74) is -1.62. The molecule has 0 unspecified atom stereocenters. The molecule has 176 valence electrons. The average molecular weight is 461 g/mol. The number of nitrogens with zero attached hydrogens (tertiary/aromatic N) is 3. The zero-order chi connectivity index (χ0) is 24.2. The van der Waals surface area contributed by atoms with Crippen molar-refractivity contribution < 1.29 is 23.4 Å². The van der Waals surface area contributed by atoms with Crippen molar-refractivity contribution in [2.24, 2.45) is 5.41 Å². The van der Waals surface area contributed by atoms with Crippen LogP contribution < -0.4 is 0 Å². The van der Waals surface area contributed by atoms with Crippen molar-refractivity contribution in [3.8, 4) is 11.3 Å². The Balaban J connectivity index is 1.81. The first-order valence-electron chi connectivity index (χ1n) is 10.6. The van der Waals surface area contributed by atoms with Crippen molar-refractivity contribution in [3.05, 3.63) is 71.2 Å². The summed E-state index contributed by atoms with van der Waals surface area (Å²) in [5, 5.41) is 29.4. The summed E-state index contributed by atoms with van der Waals surface area (Å²) in [6.45, 7) is 6.30. The number of rotatable bonds is 5. The summed E-state index contributed by atoms with van der Waals surface area (Å²) in [6, 6.07) is 8.11. The van der Waals surface area contributed by atoms with E-state index in [1.807, 2.05) is 18.9 Å². The van der Waals surface area contributed by atoms with Crippen molar-refractivity contribution in [3.63, 3.8) is 0 Å². The zero-order valence-electron chi connectivity index (χ0n) is 18.9. The van der Waals surface area contributed by atoms with Crippen LogP contribution in [-0.4, -0.2) is 50.4 Å². The number of hydrogen-bond donors (Lipinski definition) is 3. The SMILES string of the molecule is CN1CC(C)([C@](O)(c2ccc(C(F)(F)F)cc2)c2cncc(-c3cc(C(C)(C)O)[nH]n3)c2)C1. The van der Waals surface area contributed by atoms with Crippen molar-refractivity contribution in [2.45, 2.75) is 38.1 Å². The number of pyridine rings is 1. The number of nitrogens with one attached hydrogen (secondary N) is 1. The summed E-state index contributed by atoms with van der Waals surface area (Å²) >= 11 is 0. The van der Waals surface area contributed by atoms with Gasteiger partial charge in [-0.3, -0.25) is 10.1 Å².